The van der Waals surface area contributed by atoms with Gasteiger partial charge in [0, 0.05) is 17.4 Å². The Balaban J connectivity index is 2.12. The lowest BCUT2D eigenvalue weighted by Crippen LogP contribution is -2.26. The molecule has 18 heavy (non-hydrogen) atoms. The molecule has 1 heterocycles. The highest BCUT2D eigenvalue weighted by Crippen LogP contribution is 2.44. The summed E-state index contributed by atoms with van der Waals surface area (Å²) in [7, 11) is 0. The van der Waals surface area contributed by atoms with E-state index in [2.05, 4.69) is 0 Å². The third kappa shape index (κ3) is 1.91. The van der Waals surface area contributed by atoms with Crippen molar-refractivity contribution in [2.24, 2.45) is 0 Å². The SMILES string of the molecule is CCOC1CSc2cc(O)c3ccccc3c2O1. The number of ether oxygens (including phenoxy) is 2. The molecule has 1 aliphatic heterocycles. The van der Waals surface area contributed by atoms with Crippen LogP contribution in [0.3, 0.4) is 0 Å². The minimum Gasteiger partial charge on any atom is -0.507 e. The number of rotatable bonds is 2. The fourth-order valence-electron chi connectivity index (χ4n) is 2.12. The molecule has 1 N–H and O–H groups in total. The molecule has 3 nitrogen and oxygen atoms in total. The van der Waals surface area contributed by atoms with E-state index in [1.807, 2.05) is 31.2 Å². The Morgan fingerprint density at radius 3 is 2.94 bits per heavy atom. The Morgan fingerprint density at radius 2 is 2.17 bits per heavy atom. The normalized spacial score (nSPS) is 18.4. The molecule has 94 valence electrons. The molecule has 1 aliphatic rings. The molecule has 0 aromatic heterocycles. The number of hydrogen-bond acceptors (Lipinski definition) is 4. The quantitative estimate of drug-likeness (QED) is 0.900. The Bertz CT molecular complexity index is 583. The third-order valence-electron chi connectivity index (χ3n) is 2.92. The van der Waals surface area contributed by atoms with E-state index in [0.29, 0.717) is 12.4 Å². The van der Waals surface area contributed by atoms with E-state index in [9.17, 15) is 5.11 Å². The molecule has 2 aromatic carbocycles. The monoisotopic (exact) mass is 262 g/mol. The van der Waals surface area contributed by atoms with Crippen molar-refractivity contribution in [3.8, 4) is 11.5 Å². The molecule has 2 aromatic rings. The first-order chi connectivity index (χ1) is 8.79. The molecule has 0 amide bonds. The summed E-state index contributed by atoms with van der Waals surface area (Å²) in [6, 6.07) is 9.47. The van der Waals surface area contributed by atoms with Gasteiger partial charge in [0.15, 0.2) is 0 Å². The van der Waals surface area contributed by atoms with Crippen molar-refractivity contribution in [3.63, 3.8) is 0 Å². The van der Waals surface area contributed by atoms with Gasteiger partial charge in [-0.3, -0.25) is 0 Å². The second-order valence-corrected chi connectivity index (χ2v) is 5.14. The summed E-state index contributed by atoms with van der Waals surface area (Å²) in [5.41, 5.74) is 0. The van der Waals surface area contributed by atoms with E-state index >= 15 is 0 Å². The summed E-state index contributed by atoms with van der Waals surface area (Å²) < 4.78 is 11.4. The highest BCUT2D eigenvalue weighted by Gasteiger charge is 2.23. The molecular formula is C14H14O3S. The second-order valence-electron chi connectivity index (χ2n) is 4.08. The molecule has 0 fully saturated rings. The summed E-state index contributed by atoms with van der Waals surface area (Å²) in [4.78, 5) is 0.974. The fraction of sp³-hybridized carbons (Fsp3) is 0.286. The van der Waals surface area contributed by atoms with Gasteiger partial charge in [0.1, 0.15) is 11.5 Å². The van der Waals surface area contributed by atoms with Gasteiger partial charge in [-0.1, -0.05) is 24.3 Å². The smallest absolute Gasteiger partial charge is 0.209 e. The topological polar surface area (TPSA) is 38.7 Å². The Hall–Kier alpha value is -1.39. The van der Waals surface area contributed by atoms with Crippen LogP contribution in [-0.2, 0) is 4.74 Å². The number of thioether (sulfide) groups is 1. The standard InChI is InChI=1S/C14H14O3S/c1-2-16-13-8-18-12-7-11(15)9-5-3-4-6-10(9)14(12)17-13/h3-7,13,15H,2,8H2,1H3. The molecule has 0 spiro atoms. The zero-order chi connectivity index (χ0) is 12.5. The van der Waals surface area contributed by atoms with Gasteiger partial charge in [-0.15, -0.1) is 11.8 Å². The van der Waals surface area contributed by atoms with Crippen LogP contribution in [0.15, 0.2) is 35.2 Å². The molecule has 0 radical (unpaired) electrons. The summed E-state index contributed by atoms with van der Waals surface area (Å²) in [5.74, 6) is 1.87. The highest BCUT2D eigenvalue weighted by atomic mass is 32.2. The van der Waals surface area contributed by atoms with Crippen LogP contribution < -0.4 is 4.74 Å². The maximum absolute atomic E-state index is 10.00. The van der Waals surface area contributed by atoms with Gasteiger partial charge < -0.3 is 14.6 Å². The predicted molar refractivity (Wildman–Crippen MR) is 72.4 cm³/mol. The van der Waals surface area contributed by atoms with E-state index in [1.165, 1.54) is 0 Å². The van der Waals surface area contributed by atoms with Crippen molar-refractivity contribution in [2.45, 2.75) is 18.1 Å². The maximum Gasteiger partial charge on any atom is 0.209 e. The van der Waals surface area contributed by atoms with Crippen LogP contribution in [0.2, 0.25) is 0 Å². The lowest BCUT2D eigenvalue weighted by atomic mass is 10.1. The summed E-state index contributed by atoms with van der Waals surface area (Å²) >= 11 is 1.66. The number of phenols is 1. The Labute approximate surface area is 110 Å². The van der Waals surface area contributed by atoms with Crippen molar-refractivity contribution >= 4 is 22.5 Å². The Morgan fingerprint density at radius 1 is 1.39 bits per heavy atom. The third-order valence-corrected chi connectivity index (χ3v) is 3.97. The lowest BCUT2D eigenvalue weighted by molar-refractivity contribution is -0.0605. The molecule has 0 saturated carbocycles. The van der Waals surface area contributed by atoms with E-state index in [4.69, 9.17) is 9.47 Å². The van der Waals surface area contributed by atoms with Gasteiger partial charge >= 0.3 is 0 Å². The van der Waals surface area contributed by atoms with Crippen LogP contribution in [0.4, 0.5) is 0 Å². The number of phenolic OH excluding ortho intramolecular Hbond substituents is 1. The molecule has 4 heteroatoms. The zero-order valence-corrected chi connectivity index (χ0v) is 10.9. The molecular weight excluding hydrogens is 248 g/mol. The van der Waals surface area contributed by atoms with Crippen LogP contribution in [0.25, 0.3) is 10.8 Å². The van der Waals surface area contributed by atoms with Gasteiger partial charge in [-0.05, 0) is 13.0 Å². The van der Waals surface area contributed by atoms with Crippen molar-refractivity contribution in [1.82, 2.24) is 0 Å². The number of fused-ring (bicyclic) bond motifs is 3. The van der Waals surface area contributed by atoms with Crippen LogP contribution in [0, 0.1) is 0 Å². The first-order valence-electron chi connectivity index (χ1n) is 5.95. The van der Waals surface area contributed by atoms with Gasteiger partial charge in [-0.25, -0.2) is 0 Å². The number of aromatic hydroxyl groups is 1. The van der Waals surface area contributed by atoms with Crippen molar-refractivity contribution in [2.75, 3.05) is 12.4 Å². The predicted octanol–water partition coefficient (Wildman–Crippen LogP) is 3.39. The van der Waals surface area contributed by atoms with Crippen molar-refractivity contribution in [3.05, 3.63) is 30.3 Å². The minimum atomic E-state index is -0.208. The Kier molecular flexibility index (Phi) is 3.06. The fourth-order valence-corrected chi connectivity index (χ4v) is 3.09. The maximum atomic E-state index is 10.00. The summed E-state index contributed by atoms with van der Waals surface area (Å²) in [5, 5.41) is 11.7. The van der Waals surface area contributed by atoms with E-state index in [0.717, 1.165) is 27.2 Å². The molecule has 3 rings (SSSR count). The van der Waals surface area contributed by atoms with Gasteiger partial charge in [-0.2, -0.15) is 0 Å². The van der Waals surface area contributed by atoms with Gasteiger partial charge in [0.05, 0.1) is 10.6 Å². The van der Waals surface area contributed by atoms with E-state index in [1.54, 1.807) is 17.8 Å². The molecule has 1 atom stereocenters. The van der Waals surface area contributed by atoms with Crippen LogP contribution >= 0.6 is 11.8 Å². The first-order valence-corrected chi connectivity index (χ1v) is 6.94. The van der Waals surface area contributed by atoms with E-state index in [-0.39, 0.29) is 6.29 Å². The van der Waals surface area contributed by atoms with E-state index < -0.39 is 0 Å². The minimum absolute atomic E-state index is 0.208. The van der Waals surface area contributed by atoms with Crippen molar-refractivity contribution < 1.29 is 14.6 Å². The molecule has 0 saturated heterocycles. The number of hydrogen-bond donors (Lipinski definition) is 1. The van der Waals surface area contributed by atoms with Crippen LogP contribution in [-0.4, -0.2) is 23.8 Å². The van der Waals surface area contributed by atoms with Crippen LogP contribution in [0.5, 0.6) is 11.5 Å². The second kappa shape index (κ2) is 4.71. The molecule has 0 aliphatic carbocycles. The summed E-state index contributed by atoms with van der Waals surface area (Å²) in [6.07, 6.45) is -0.208. The van der Waals surface area contributed by atoms with Gasteiger partial charge in [0.2, 0.25) is 6.29 Å². The first kappa shape index (κ1) is 11.7. The number of benzene rings is 2. The highest BCUT2D eigenvalue weighted by molar-refractivity contribution is 7.99. The molecule has 1 unspecified atom stereocenters. The van der Waals surface area contributed by atoms with Gasteiger partial charge in [0.25, 0.3) is 0 Å². The lowest BCUT2D eigenvalue weighted by Gasteiger charge is -2.26. The zero-order valence-electron chi connectivity index (χ0n) is 10.1. The summed E-state index contributed by atoms with van der Waals surface area (Å²) in [6.45, 7) is 2.59. The van der Waals surface area contributed by atoms with Crippen LogP contribution in [0.1, 0.15) is 6.92 Å². The average Bonchev–Trinajstić information content (AvgIpc) is 2.40. The average molecular weight is 262 g/mol. The molecule has 0 bridgehead atoms. The largest absolute Gasteiger partial charge is 0.507 e. The van der Waals surface area contributed by atoms with Crippen molar-refractivity contribution in [1.29, 1.82) is 0 Å².